The van der Waals surface area contributed by atoms with Crippen LogP contribution < -0.4 is 5.32 Å². The summed E-state index contributed by atoms with van der Waals surface area (Å²) in [6.07, 6.45) is 18.8. The predicted octanol–water partition coefficient (Wildman–Crippen LogP) is 13.5. The van der Waals surface area contributed by atoms with Gasteiger partial charge in [0.25, 0.3) is 0 Å². The molecule has 4 rings (SSSR count). The third-order valence-corrected chi connectivity index (χ3v) is 11.4. The number of hydrogen-bond acceptors (Lipinski definition) is 4. The van der Waals surface area contributed by atoms with Crippen LogP contribution in [0.4, 0.5) is 5.69 Å². The van der Waals surface area contributed by atoms with E-state index < -0.39 is 18.0 Å². The van der Waals surface area contributed by atoms with Crippen molar-refractivity contribution in [3.05, 3.63) is 130 Å². The van der Waals surface area contributed by atoms with Crippen molar-refractivity contribution in [3.63, 3.8) is 0 Å². The molecule has 290 valence electrons. The van der Waals surface area contributed by atoms with Crippen molar-refractivity contribution >= 4 is 29.3 Å². The molecule has 0 saturated heterocycles. The van der Waals surface area contributed by atoms with Crippen LogP contribution in [0.5, 0.6) is 0 Å². The first kappa shape index (κ1) is 42.9. The fourth-order valence-corrected chi connectivity index (χ4v) is 8.04. The fourth-order valence-electron chi connectivity index (χ4n) is 7.49. The SMILES string of the molecule is CCCCCCc1ccc(C(OC(C)=O)C(C(=O)Nc2ccccc2SC)C(c2ccc(CCCCCC)cc2)c2ccc(CCCCCC)cc2)cc1. The first-order valence-electron chi connectivity index (χ1n) is 20.8. The van der Waals surface area contributed by atoms with Crippen molar-refractivity contribution < 1.29 is 14.3 Å². The molecule has 0 bridgehead atoms. The average Bonchev–Trinajstić information content (AvgIpc) is 3.19. The molecule has 4 aromatic carbocycles. The van der Waals surface area contributed by atoms with Gasteiger partial charge in [-0.15, -0.1) is 11.8 Å². The molecule has 1 amide bonds. The summed E-state index contributed by atoms with van der Waals surface area (Å²) in [5.74, 6) is -1.73. The zero-order chi connectivity index (χ0) is 38.5. The second-order valence-electron chi connectivity index (χ2n) is 14.9. The standard InChI is InChI=1S/C49H65NO3S/c1-6-9-12-15-20-38-25-31-41(32-26-38)46(42-33-27-39(28-34-42)21-16-13-10-7-2)47(49(52)50-44-23-18-19-24-45(44)54-5)48(53-37(4)51)43-35-29-40(30-36-43)22-17-14-11-8-3/h18-19,23-36,46-48H,6-17,20-22H2,1-5H3,(H,50,52). The van der Waals surface area contributed by atoms with E-state index in [4.69, 9.17) is 4.74 Å². The Labute approximate surface area is 331 Å². The van der Waals surface area contributed by atoms with Gasteiger partial charge in [0.1, 0.15) is 6.10 Å². The topological polar surface area (TPSA) is 55.4 Å². The smallest absolute Gasteiger partial charge is 0.303 e. The maximum atomic E-state index is 15.1. The first-order valence-corrected chi connectivity index (χ1v) is 22.0. The van der Waals surface area contributed by atoms with E-state index in [1.807, 2.05) is 30.5 Å². The number of carbonyl (C=O) groups excluding carboxylic acids is 2. The van der Waals surface area contributed by atoms with Gasteiger partial charge in [-0.05, 0) is 90.3 Å². The molecule has 0 heterocycles. The van der Waals surface area contributed by atoms with Gasteiger partial charge in [0, 0.05) is 17.7 Å². The lowest BCUT2D eigenvalue weighted by atomic mass is 9.75. The number of amides is 1. The highest BCUT2D eigenvalue weighted by molar-refractivity contribution is 7.98. The zero-order valence-electron chi connectivity index (χ0n) is 33.7. The Morgan fingerprint density at radius 3 is 1.41 bits per heavy atom. The maximum absolute atomic E-state index is 15.1. The number of benzene rings is 4. The van der Waals surface area contributed by atoms with E-state index in [2.05, 4.69) is 98.9 Å². The molecule has 4 aromatic rings. The van der Waals surface area contributed by atoms with Crippen LogP contribution in [0.3, 0.4) is 0 Å². The molecule has 2 atom stereocenters. The van der Waals surface area contributed by atoms with Crippen LogP contribution in [0.2, 0.25) is 0 Å². The third-order valence-electron chi connectivity index (χ3n) is 10.6. The second-order valence-corrected chi connectivity index (χ2v) is 15.7. The molecule has 0 spiro atoms. The number of rotatable bonds is 24. The van der Waals surface area contributed by atoms with E-state index >= 15 is 4.79 Å². The molecule has 0 fully saturated rings. The van der Waals surface area contributed by atoms with Gasteiger partial charge < -0.3 is 10.1 Å². The van der Waals surface area contributed by atoms with Gasteiger partial charge in [-0.3, -0.25) is 9.59 Å². The van der Waals surface area contributed by atoms with Gasteiger partial charge in [0.05, 0.1) is 11.6 Å². The molecule has 0 aliphatic rings. The largest absolute Gasteiger partial charge is 0.457 e. The molecular weight excluding hydrogens is 683 g/mol. The van der Waals surface area contributed by atoms with Crippen molar-refractivity contribution in [2.75, 3.05) is 11.6 Å². The summed E-state index contributed by atoms with van der Waals surface area (Å²) in [4.78, 5) is 29.1. The number of aryl methyl sites for hydroxylation is 3. The Hall–Kier alpha value is -3.83. The number of nitrogens with one attached hydrogen (secondary N) is 1. The molecular formula is C49H65NO3S. The Balaban J connectivity index is 1.82. The van der Waals surface area contributed by atoms with E-state index in [1.54, 1.807) is 11.8 Å². The first-order chi connectivity index (χ1) is 26.4. The van der Waals surface area contributed by atoms with Gasteiger partial charge in [0.2, 0.25) is 5.91 Å². The van der Waals surface area contributed by atoms with Crippen LogP contribution in [-0.4, -0.2) is 18.1 Å². The van der Waals surface area contributed by atoms with Gasteiger partial charge in [-0.1, -0.05) is 163 Å². The number of thioether (sulfide) groups is 1. The molecule has 4 nitrogen and oxygen atoms in total. The number of ether oxygens (including phenoxy) is 1. The average molecular weight is 748 g/mol. The van der Waals surface area contributed by atoms with Gasteiger partial charge in [-0.25, -0.2) is 0 Å². The van der Waals surface area contributed by atoms with E-state index in [0.717, 1.165) is 53.0 Å². The molecule has 2 unspecified atom stereocenters. The molecule has 5 heteroatoms. The zero-order valence-corrected chi connectivity index (χ0v) is 34.5. The van der Waals surface area contributed by atoms with Crippen LogP contribution in [0.1, 0.15) is 150 Å². The van der Waals surface area contributed by atoms with Crippen molar-refractivity contribution in [3.8, 4) is 0 Å². The lowest BCUT2D eigenvalue weighted by Gasteiger charge is -2.34. The van der Waals surface area contributed by atoms with Gasteiger partial charge in [0.15, 0.2) is 0 Å². The van der Waals surface area contributed by atoms with Crippen LogP contribution in [-0.2, 0) is 33.6 Å². The molecule has 0 saturated carbocycles. The minimum atomic E-state index is -0.814. The van der Waals surface area contributed by atoms with Crippen molar-refractivity contribution in [1.82, 2.24) is 0 Å². The van der Waals surface area contributed by atoms with Crippen molar-refractivity contribution in [2.45, 2.75) is 141 Å². The highest BCUT2D eigenvalue weighted by Gasteiger charge is 2.40. The number of para-hydroxylation sites is 1. The number of carbonyl (C=O) groups is 2. The van der Waals surface area contributed by atoms with E-state index in [1.165, 1.54) is 94.2 Å². The van der Waals surface area contributed by atoms with Crippen molar-refractivity contribution in [1.29, 1.82) is 0 Å². The van der Waals surface area contributed by atoms with Crippen LogP contribution >= 0.6 is 11.8 Å². The summed E-state index contributed by atoms with van der Waals surface area (Å²) in [7, 11) is 0. The second kappa shape index (κ2) is 23.8. The fraction of sp³-hybridized carbons (Fsp3) is 0.469. The summed E-state index contributed by atoms with van der Waals surface area (Å²) in [5, 5.41) is 3.31. The van der Waals surface area contributed by atoms with Crippen LogP contribution in [0.15, 0.2) is 102 Å². The van der Waals surface area contributed by atoms with Crippen molar-refractivity contribution in [2.24, 2.45) is 5.92 Å². The summed E-state index contributed by atoms with van der Waals surface area (Å²) in [6, 6.07) is 34.0. The van der Waals surface area contributed by atoms with E-state index in [9.17, 15) is 4.79 Å². The molecule has 0 aliphatic heterocycles. The minimum Gasteiger partial charge on any atom is -0.457 e. The summed E-state index contributed by atoms with van der Waals surface area (Å²) >= 11 is 1.60. The van der Waals surface area contributed by atoms with E-state index in [-0.39, 0.29) is 11.8 Å². The van der Waals surface area contributed by atoms with Crippen LogP contribution in [0, 0.1) is 5.92 Å². The highest BCUT2D eigenvalue weighted by Crippen LogP contribution is 2.43. The molecule has 0 aliphatic carbocycles. The maximum Gasteiger partial charge on any atom is 0.303 e. The number of esters is 1. The Morgan fingerprint density at radius 2 is 1.00 bits per heavy atom. The predicted molar refractivity (Wildman–Crippen MR) is 230 cm³/mol. The Bertz CT molecular complexity index is 1610. The Morgan fingerprint density at radius 1 is 0.574 bits per heavy atom. The third kappa shape index (κ3) is 13.5. The minimum absolute atomic E-state index is 0.177. The normalized spacial score (nSPS) is 12.4. The summed E-state index contributed by atoms with van der Waals surface area (Å²) in [5.41, 5.74) is 7.51. The van der Waals surface area contributed by atoms with E-state index in [0.29, 0.717) is 0 Å². The van der Waals surface area contributed by atoms with Crippen LogP contribution in [0.25, 0.3) is 0 Å². The quantitative estimate of drug-likeness (QED) is 0.0440. The molecule has 0 radical (unpaired) electrons. The lowest BCUT2D eigenvalue weighted by Crippen LogP contribution is -2.36. The summed E-state index contributed by atoms with van der Waals surface area (Å²) < 4.78 is 6.29. The van der Waals surface area contributed by atoms with Gasteiger partial charge in [-0.2, -0.15) is 0 Å². The molecule has 1 N–H and O–H groups in total. The monoisotopic (exact) mass is 747 g/mol. The highest BCUT2D eigenvalue weighted by atomic mass is 32.2. The summed E-state index contributed by atoms with van der Waals surface area (Å²) in [6.45, 7) is 8.16. The molecule has 54 heavy (non-hydrogen) atoms. The number of unbranched alkanes of at least 4 members (excludes halogenated alkanes) is 9. The number of hydrogen-bond donors (Lipinski definition) is 1. The van der Waals surface area contributed by atoms with Gasteiger partial charge >= 0.3 is 5.97 Å². The lowest BCUT2D eigenvalue weighted by molar-refractivity contribution is -0.151. The Kier molecular flexibility index (Phi) is 18.9. The molecule has 0 aromatic heterocycles. The number of anilines is 1.